The van der Waals surface area contributed by atoms with E-state index in [9.17, 15) is 0 Å². The van der Waals surface area contributed by atoms with Crippen LogP contribution in [0.4, 0.5) is 5.69 Å². The van der Waals surface area contributed by atoms with E-state index in [-0.39, 0.29) is 0 Å². The van der Waals surface area contributed by atoms with Crippen LogP contribution in [0.2, 0.25) is 5.02 Å². The van der Waals surface area contributed by atoms with Crippen molar-refractivity contribution in [3.63, 3.8) is 0 Å². The molecule has 7 nitrogen and oxygen atoms in total. The molecule has 0 bridgehead atoms. The minimum absolute atomic E-state index is 0.772. The molecule has 1 aromatic rings. The summed E-state index contributed by atoms with van der Waals surface area (Å²) in [7, 11) is 0. The fraction of sp³-hybridized carbons (Fsp3) is 0.300. The first kappa shape index (κ1) is 14.0. The van der Waals surface area contributed by atoms with Crippen LogP contribution in [0.25, 0.3) is 0 Å². The van der Waals surface area contributed by atoms with Gasteiger partial charge in [-0.1, -0.05) is 17.7 Å². The van der Waals surface area contributed by atoms with E-state index in [0.29, 0.717) is 0 Å². The monoisotopic (exact) mass is 272 g/mol. The molecule has 0 unspecified atom stereocenters. The number of guanidine groups is 1. The standard InChI is InChI=1S/C10H12ClN3.HNO3/c1-7-2-3-8(6-9(7)11)14-10-12-4-5-13-10;2-1(3)4/h2-3,6H,4-5H2,1H3,(H2,12,13,14);(H,2,3,4). The maximum atomic E-state index is 8.36. The molecular formula is C10H13ClN4O3. The maximum Gasteiger partial charge on any atom is 0.291 e. The van der Waals surface area contributed by atoms with Crippen LogP contribution in [-0.2, 0) is 0 Å². The Morgan fingerprint density at radius 2 is 2.28 bits per heavy atom. The largest absolute Gasteiger partial charge is 0.354 e. The molecule has 0 saturated heterocycles. The molecule has 0 fully saturated rings. The number of benzene rings is 1. The number of halogens is 1. The van der Waals surface area contributed by atoms with Crippen LogP contribution in [-0.4, -0.2) is 29.3 Å². The predicted molar refractivity (Wildman–Crippen MR) is 68.9 cm³/mol. The molecule has 1 aliphatic rings. The summed E-state index contributed by atoms with van der Waals surface area (Å²) < 4.78 is 0. The van der Waals surface area contributed by atoms with Gasteiger partial charge < -0.3 is 15.8 Å². The van der Waals surface area contributed by atoms with Crippen LogP contribution >= 0.6 is 11.6 Å². The van der Waals surface area contributed by atoms with Crippen molar-refractivity contribution in [3.8, 4) is 0 Å². The third kappa shape index (κ3) is 4.88. The zero-order chi connectivity index (χ0) is 13.5. The van der Waals surface area contributed by atoms with Crippen molar-refractivity contribution in [1.29, 1.82) is 0 Å². The van der Waals surface area contributed by atoms with Gasteiger partial charge in [0.05, 0.1) is 6.54 Å². The zero-order valence-electron chi connectivity index (χ0n) is 9.68. The van der Waals surface area contributed by atoms with Crippen LogP contribution in [0, 0.1) is 17.0 Å². The fourth-order valence-corrected chi connectivity index (χ4v) is 1.47. The number of nitrogens with zero attached hydrogens (tertiary/aromatic N) is 2. The summed E-state index contributed by atoms with van der Waals surface area (Å²) in [4.78, 5) is 12.6. The summed E-state index contributed by atoms with van der Waals surface area (Å²) in [5, 5.41) is 20.7. The fourth-order valence-electron chi connectivity index (χ4n) is 1.29. The Kier molecular flexibility index (Phi) is 5.19. The number of aryl methyl sites for hydroxylation is 1. The second kappa shape index (κ2) is 6.65. The molecule has 0 atom stereocenters. The van der Waals surface area contributed by atoms with Gasteiger partial charge in [0.25, 0.3) is 5.09 Å². The Bertz CT molecular complexity index is 460. The van der Waals surface area contributed by atoms with Gasteiger partial charge in [-0.15, -0.1) is 10.1 Å². The maximum absolute atomic E-state index is 8.36. The molecule has 0 amide bonds. The molecule has 8 heteroatoms. The van der Waals surface area contributed by atoms with Crippen LogP contribution < -0.4 is 10.6 Å². The van der Waals surface area contributed by atoms with Gasteiger partial charge in [0.15, 0.2) is 5.96 Å². The lowest BCUT2D eigenvalue weighted by Crippen LogP contribution is -2.26. The van der Waals surface area contributed by atoms with Crippen molar-refractivity contribution in [3.05, 3.63) is 38.9 Å². The van der Waals surface area contributed by atoms with Gasteiger partial charge in [-0.25, -0.2) is 0 Å². The highest BCUT2D eigenvalue weighted by Crippen LogP contribution is 2.19. The van der Waals surface area contributed by atoms with Crippen molar-refractivity contribution in [2.45, 2.75) is 6.92 Å². The Hall–Kier alpha value is -2.02. The quantitative estimate of drug-likeness (QED) is 0.533. The average molecular weight is 273 g/mol. The van der Waals surface area contributed by atoms with E-state index in [4.69, 9.17) is 26.9 Å². The third-order valence-electron chi connectivity index (χ3n) is 2.11. The van der Waals surface area contributed by atoms with Crippen LogP contribution in [0.15, 0.2) is 23.2 Å². The first-order chi connectivity index (χ1) is 8.49. The number of nitrogens with one attached hydrogen (secondary N) is 2. The van der Waals surface area contributed by atoms with Crippen LogP contribution in [0.5, 0.6) is 0 Å². The van der Waals surface area contributed by atoms with Crippen molar-refractivity contribution < 1.29 is 10.3 Å². The van der Waals surface area contributed by atoms with Gasteiger partial charge in [-0.2, -0.15) is 0 Å². The molecule has 0 saturated carbocycles. The second-order valence-electron chi connectivity index (χ2n) is 3.48. The van der Waals surface area contributed by atoms with Gasteiger partial charge in [-0.05, 0) is 24.6 Å². The van der Waals surface area contributed by atoms with Gasteiger partial charge >= 0.3 is 0 Å². The van der Waals surface area contributed by atoms with Crippen molar-refractivity contribution in [2.75, 3.05) is 18.4 Å². The lowest BCUT2D eigenvalue weighted by atomic mass is 10.2. The molecule has 0 aromatic heterocycles. The van der Waals surface area contributed by atoms with E-state index in [1.807, 2.05) is 25.1 Å². The van der Waals surface area contributed by atoms with Crippen molar-refractivity contribution in [1.82, 2.24) is 5.32 Å². The summed E-state index contributed by atoms with van der Waals surface area (Å²) in [6.45, 7) is 3.72. The van der Waals surface area contributed by atoms with Gasteiger partial charge in [0, 0.05) is 17.3 Å². The topological polar surface area (TPSA) is 99.8 Å². The summed E-state index contributed by atoms with van der Waals surface area (Å²) in [6.07, 6.45) is 0. The molecule has 1 aromatic carbocycles. The summed E-state index contributed by atoms with van der Waals surface area (Å²) in [5.74, 6) is 0.824. The predicted octanol–water partition coefficient (Wildman–Crippen LogP) is 1.67. The highest BCUT2D eigenvalue weighted by Gasteiger charge is 2.05. The lowest BCUT2D eigenvalue weighted by Gasteiger charge is -2.07. The molecule has 3 N–H and O–H groups in total. The molecule has 1 heterocycles. The Morgan fingerprint density at radius 1 is 1.61 bits per heavy atom. The first-order valence-electron chi connectivity index (χ1n) is 5.14. The van der Waals surface area contributed by atoms with Crippen molar-refractivity contribution >= 4 is 23.2 Å². The normalized spacial score (nSPS) is 12.9. The molecule has 0 radical (unpaired) electrons. The van der Waals surface area contributed by atoms with E-state index in [1.165, 1.54) is 0 Å². The second-order valence-corrected chi connectivity index (χ2v) is 3.89. The molecule has 2 rings (SSSR count). The Morgan fingerprint density at radius 3 is 2.78 bits per heavy atom. The van der Waals surface area contributed by atoms with E-state index < -0.39 is 5.09 Å². The Balaban J connectivity index is 0.000000357. The molecule has 1 aliphatic heterocycles. The minimum atomic E-state index is -1.50. The number of anilines is 1. The molecule has 0 aliphatic carbocycles. The van der Waals surface area contributed by atoms with Crippen LogP contribution in [0.1, 0.15) is 5.56 Å². The van der Waals surface area contributed by atoms with E-state index >= 15 is 0 Å². The van der Waals surface area contributed by atoms with Crippen LogP contribution in [0.3, 0.4) is 0 Å². The van der Waals surface area contributed by atoms with Gasteiger partial charge in [-0.3, -0.25) is 4.99 Å². The van der Waals surface area contributed by atoms with Crippen molar-refractivity contribution in [2.24, 2.45) is 4.99 Å². The highest BCUT2D eigenvalue weighted by atomic mass is 35.5. The zero-order valence-corrected chi connectivity index (χ0v) is 10.4. The number of aliphatic imine (C=N–C) groups is 1. The summed E-state index contributed by atoms with van der Waals surface area (Å²) >= 11 is 6.00. The van der Waals surface area contributed by atoms with E-state index in [2.05, 4.69) is 15.6 Å². The van der Waals surface area contributed by atoms with E-state index in [1.54, 1.807) is 0 Å². The first-order valence-corrected chi connectivity index (χ1v) is 5.51. The minimum Gasteiger partial charge on any atom is -0.354 e. The Labute approximate surface area is 109 Å². The molecule has 98 valence electrons. The average Bonchev–Trinajstić information content (AvgIpc) is 2.75. The summed E-state index contributed by atoms with van der Waals surface area (Å²) in [5.41, 5.74) is 2.05. The van der Waals surface area contributed by atoms with Gasteiger partial charge in [0.2, 0.25) is 0 Å². The van der Waals surface area contributed by atoms with Gasteiger partial charge in [0.1, 0.15) is 0 Å². The number of rotatable bonds is 1. The van der Waals surface area contributed by atoms with E-state index in [0.717, 1.165) is 35.3 Å². The lowest BCUT2D eigenvalue weighted by molar-refractivity contribution is -0.742. The molecule has 18 heavy (non-hydrogen) atoms. The smallest absolute Gasteiger partial charge is 0.291 e. The molecule has 0 spiro atoms. The summed E-state index contributed by atoms with van der Waals surface area (Å²) in [6, 6.07) is 5.88. The number of hydrogen-bond acceptors (Lipinski definition) is 5. The number of hydrogen-bond donors (Lipinski definition) is 3. The third-order valence-corrected chi connectivity index (χ3v) is 2.52. The molecular weight excluding hydrogens is 260 g/mol. The SMILES string of the molecule is Cc1ccc(NC2=NCCN2)cc1Cl.O=[N+]([O-])O. The highest BCUT2D eigenvalue weighted by molar-refractivity contribution is 6.31.